The topological polar surface area (TPSA) is 60.5 Å². The Morgan fingerprint density at radius 2 is 1.38 bits per heavy atom. The van der Waals surface area contributed by atoms with E-state index < -0.39 is 23.4 Å². The second-order valence-corrected chi connectivity index (χ2v) is 7.72. The van der Waals surface area contributed by atoms with Gasteiger partial charge in [0.05, 0.1) is 25.0 Å². The molecule has 6 heteroatoms. The van der Waals surface area contributed by atoms with Crippen molar-refractivity contribution in [1.82, 2.24) is 10.3 Å². The summed E-state index contributed by atoms with van der Waals surface area (Å²) >= 11 is 0. The molecule has 4 aromatic rings. The molecule has 1 aromatic heterocycles. The largest absolute Gasteiger partial charge is 0.490 e. The molecule has 1 heterocycles. The van der Waals surface area contributed by atoms with Crippen molar-refractivity contribution in [3.8, 4) is 5.75 Å². The van der Waals surface area contributed by atoms with Crippen LogP contribution in [0.15, 0.2) is 109 Å². The number of nitrogens with one attached hydrogen (secondary N) is 1. The summed E-state index contributed by atoms with van der Waals surface area (Å²) in [5, 5.41) is 3.54. The van der Waals surface area contributed by atoms with E-state index in [4.69, 9.17) is 9.47 Å². The highest BCUT2D eigenvalue weighted by atomic mass is 19.1. The molecule has 3 aromatic carbocycles. The number of hydrogen-bond acceptors (Lipinski definition) is 5. The van der Waals surface area contributed by atoms with Crippen LogP contribution in [0.1, 0.15) is 16.7 Å². The number of rotatable bonds is 9. The van der Waals surface area contributed by atoms with E-state index in [9.17, 15) is 9.18 Å². The molecule has 34 heavy (non-hydrogen) atoms. The highest BCUT2D eigenvalue weighted by Crippen LogP contribution is 2.37. The van der Waals surface area contributed by atoms with Gasteiger partial charge in [0.25, 0.3) is 0 Å². The number of esters is 1. The predicted octanol–water partition coefficient (Wildman–Crippen LogP) is 4.72. The molecule has 0 saturated carbocycles. The van der Waals surface area contributed by atoms with Crippen molar-refractivity contribution in [1.29, 1.82) is 0 Å². The van der Waals surface area contributed by atoms with Crippen LogP contribution < -0.4 is 10.1 Å². The highest BCUT2D eigenvalue weighted by molar-refractivity contribution is 5.76. The quantitative estimate of drug-likeness (QED) is 0.292. The van der Waals surface area contributed by atoms with Crippen LogP contribution in [0.25, 0.3) is 0 Å². The number of methoxy groups -OCH3 is 1. The maximum absolute atomic E-state index is 13.6. The molecule has 0 amide bonds. The Morgan fingerprint density at radius 3 is 1.82 bits per heavy atom. The first-order valence-corrected chi connectivity index (χ1v) is 10.9. The summed E-state index contributed by atoms with van der Waals surface area (Å²) in [5.41, 5.74) is 1.92. The Bertz CT molecular complexity index is 1110. The third-order valence-corrected chi connectivity index (χ3v) is 5.59. The van der Waals surface area contributed by atoms with E-state index in [0.717, 1.165) is 22.9 Å². The maximum atomic E-state index is 13.6. The van der Waals surface area contributed by atoms with Crippen LogP contribution in [0.2, 0.25) is 0 Å². The van der Waals surface area contributed by atoms with Crippen molar-refractivity contribution in [2.24, 2.45) is 0 Å². The smallest absolute Gasteiger partial charge is 0.326 e. The minimum atomic E-state index is -0.897. The van der Waals surface area contributed by atoms with Crippen LogP contribution in [0, 0.1) is 5.82 Å². The third-order valence-electron chi connectivity index (χ3n) is 5.59. The molecule has 172 valence electrons. The molecule has 1 atom stereocenters. The van der Waals surface area contributed by atoms with Gasteiger partial charge in [-0.25, -0.2) is 4.39 Å². The molecule has 0 bridgehead atoms. The summed E-state index contributed by atoms with van der Waals surface area (Å²) in [6, 6.07) is 30.0. The summed E-state index contributed by atoms with van der Waals surface area (Å²) in [5.74, 6) is -0.802. The number of nitrogens with zero attached hydrogens (tertiary/aromatic N) is 1. The lowest BCUT2D eigenvalue weighted by Gasteiger charge is -2.39. The lowest BCUT2D eigenvalue weighted by atomic mass is 9.76. The zero-order valence-corrected chi connectivity index (χ0v) is 18.7. The van der Waals surface area contributed by atoms with Gasteiger partial charge in [-0.2, -0.15) is 0 Å². The second kappa shape index (κ2) is 10.7. The lowest BCUT2D eigenvalue weighted by molar-refractivity contribution is -0.144. The van der Waals surface area contributed by atoms with E-state index in [1.54, 1.807) is 0 Å². The lowest BCUT2D eigenvalue weighted by Crippen LogP contribution is -2.55. The van der Waals surface area contributed by atoms with Gasteiger partial charge in [0.2, 0.25) is 0 Å². The van der Waals surface area contributed by atoms with Crippen molar-refractivity contribution >= 4 is 5.97 Å². The Morgan fingerprint density at radius 1 is 0.882 bits per heavy atom. The average Bonchev–Trinajstić information content (AvgIpc) is 2.90. The van der Waals surface area contributed by atoms with Gasteiger partial charge in [0, 0.05) is 6.07 Å². The molecular weight excluding hydrogens is 431 g/mol. The van der Waals surface area contributed by atoms with Crippen LogP contribution in [-0.2, 0) is 15.1 Å². The minimum absolute atomic E-state index is 0.0912. The van der Waals surface area contributed by atoms with E-state index in [1.165, 1.54) is 19.4 Å². The number of halogens is 1. The van der Waals surface area contributed by atoms with Crippen LogP contribution >= 0.6 is 0 Å². The van der Waals surface area contributed by atoms with Crippen molar-refractivity contribution in [2.75, 3.05) is 13.7 Å². The third kappa shape index (κ3) is 4.97. The Kier molecular flexibility index (Phi) is 7.30. The first kappa shape index (κ1) is 23.1. The zero-order chi connectivity index (χ0) is 23.8. The second-order valence-electron chi connectivity index (χ2n) is 7.72. The van der Waals surface area contributed by atoms with Gasteiger partial charge in [0.15, 0.2) is 0 Å². The summed E-state index contributed by atoms with van der Waals surface area (Å²) < 4.78 is 24.5. The molecule has 0 aliphatic carbocycles. The molecule has 1 N–H and O–H groups in total. The maximum Gasteiger partial charge on any atom is 0.326 e. The Hall–Kier alpha value is -4.03. The molecule has 4 rings (SSSR count). The van der Waals surface area contributed by atoms with Gasteiger partial charge in [-0.1, -0.05) is 91.0 Å². The van der Waals surface area contributed by atoms with Gasteiger partial charge < -0.3 is 9.47 Å². The number of ether oxygens (including phenoxy) is 2. The monoisotopic (exact) mass is 456 g/mol. The van der Waals surface area contributed by atoms with Crippen LogP contribution in [0.5, 0.6) is 5.75 Å². The predicted molar refractivity (Wildman–Crippen MR) is 128 cm³/mol. The van der Waals surface area contributed by atoms with E-state index in [-0.39, 0.29) is 12.4 Å². The fourth-order valence-electron chi connectivity index (χ4n) is 4.04. The van der Waals surface area contributed by atoms with E-state index in [2.05, 4.69) is 10.3 Å². The summed E-state index contributed by atoms with van der Waals surface area (Å²) in [4.78, 5) is 16.7. The molecule has 0 saturated heterocycles. The molecule has 5 nitrogen and oxygen atoms in total. The number of carbonyl (C=O) groups excluding carboxylic acids is 1. The average molecular weight is 457 g/mol. The van der Waals surface area contributed by atoms with Crippen LogP contribution in [0.4, 0.5) is 4.39 Å². The minimum Gasteiger partial charge on any atom is -0.490 e. The molecule has 0 radical (unpaired) electrons. The Balaban J connectivity index is 1.82. The Labute approximate surface area is 198 Å². The molecule has 0 spiro atoms. The normalized spacial score (nSPS) is 12.1. The number of pyridine rings is 1. The highest BCUT2D eigenvalue weighted by Gasteiger charge is 2.40. The van der Waals surface area contributed by atoms with Crippen molar-refractivity contribution in [2.45, 2.75) is 11.6 Å². The molecule has 0 fully saturated rings. The fraction of sp³-hybridized carbons (Fsp3) is 0.143. The van der Waals surface area contributed by atoms with E-state index in [1.807, 2.05) is 91.0 Å². The number of hydrogen-bond donors (Lipinski definition) is 1. The van der Waals surface area contributed by atoms with Gasteiger partial charge in [-0.05, 0) is 16.7 Å². The number of carbonyl (C=O) groups is 1. The van der Waals surface area contributed by atoms with E-state index in [0.29, 0.717) is 0 Å². The van der Waals surface area contributed by atoms with Crippen LogP contribution in [-0.4, -0.2) is 30.7 Å². The molecule has 0 unspecified atom stereocenters. The summed E-state index contributed by atoms with van der Waals surface area (Å²) in [6.45, 7) is -0.0912. The van der Waals surface area contributed by atoms with Crippen LogP contribution in [0.3, 0.4) is 0 Å². The first-order chi connectivity index (χ1) is 16.6. The summed E-state index contributed by atoms with van der Waals surface area (Å²) in [7, 11) is 1.33. The van der Waals surface area contributed by atoms with Crippen molar-refractivity contribution < 1.29 is 18.7 Å². The van der Waals surface area contributed by atoms with Gasteiger partial charge in [-0.15, -0.1) is 0 Å². The standard InChI is InChI=1S/C28H25FN2O3/c1-33-27(32)26(20-34-25-17-24(29)18-30-19-25)31-28(21-11-5-2-6-12-21,22-13-7-3-8-14-22)23-15-9-4-10-16-23/h2-19,26,31H,20H2,1H3/t26-/m1/s1. The SMILES string of the molecule is COC(=O)[C@@H](COc1cncc(F)c1)NC(c1ccccc1)(c1ccccc1)c1ccccc1. The van der Waals surface area contributed by atoms with Crippen molar-refractivity contribution in [3.63, 3.8) is 0 Å². The number of aromatic nitrogens is 1. The van der Waals surface area contributed by atoms with Gasteiger partial charge in [-0.3, -0.25) is 15.1 Å². The van der Waals surface area contributed by atoms with Gasteiger partial charge in [0.1, 0.15) is 24.2 Å². The molecule has 0 aliphatic rings. The summed E-state index contributed by atoms with van der Waals surface area (Å²) in [6.07, 6.45) is 2.49. The molecule has 0 aliphatic heterocycles. The first-order valence-electron chi connectivity index (χ1n) is 10.9. The van der Waals surface area contributed by atoms with Crippen molar-refractivity contribution in [3.05, 3.63) is 132 Å². The fourth-order valence-corrected chi connectivity index (χ4v) is 4.04. The molecular formula is C28H25FN2O3. The van der Waals surface area contributed by atoms with Gasteiger partial charge >= 0.3 is 5.97 Å². The zero-order valence-electron chi connectivity index (χ0n) is 18.7. The number of benzene rings is 3. The van der Waals surface area contributed by atoms with E-state index >= 15 is 0 Å².